The Morgan fingerprint density at radius 2 is 2.03 bits per heavy atom. The number of fused-ring (bicyclic) bond motifs is 1. The van der Waals surface area contributed by atoms with Gasteiger partial charge in [0.1, 0.15) is 0 Å². The molecule has 1 N–H and O–H groups in total. The summed E-state index contributed by atoms with van der Waals surface area (Å²) in [6.07, 6.45) is 1.92. The highest BCUT2D eigenvalue weighted by atomic mass is 32.2. The number of thioether (sulfide) groups is 1. The normalized spacial score (nSPS) is 17.2. The molecule has 0 spiro atoms. The maximum Gasteiger partial charge on any atom is 0.262 e. The largest absolute Gasteiger partial charge is 0.376 e. The second-order valence-corrected chi connectivity index (χ2v) is 8.89. The maximum atomic E-state index is 13.2. The van der Waals surface area contributed by atoms with Crippen LogP contribution < -0.4 is 10.9 Å². The summed E-state index contributed by atoms with van der Waals surface area (Å²) in [4.78, 5) is 30.6. The molecule has 2 atom stereocenters. The summed E-state index contributed by atoms with van der Waals surface area (Å²) in [5.41, 5.74) is 2.43. The standard InChI is InChI=1S/C23H25N3O3S/c1-15-9-11-17(12-10-15)24-21(27)16(2)30-23-25-20-8-4-3-7-19(20)22(28)26(23)14-18-6-5-13-29-18/h3-4,7-12,16,18H,5-6,13-14H2,1-2H3,(H,24,27). The maximum absolute atomic E-state index is 13.2. The summed E-state index contributed by atoms with van der Waals surface area (Å²) in [6, 6.07) is 15.0. The number of carbonyl (C=O) groups excluding carboxylic acids is 1. The topological polar surface area (TPSA) is 73.2 Å². The van der Waals surface area contributed by atoms with Crippen LogP contribution in [0.1, 0.15) is 25.3 Å². The van der Waals surface area contributed by atoms with E-state index in [1.54, 1.807) is 10.6 Å². The average molecular weight is 424 g/mol. The predicted molar refractivity (Wildman–Crippen MR) is 120 cm³/mol. The number of amides is 1. The number of nitrogens with zero attached hydrogens (tertiary/aromatic N) is 2. The van der Waals surface area contributed by atoms with Gasteiger partial charge in [0.2, 0.25) is 5.91 Å². The minimum Gasteiger partial charge on any atom is -0.376 e. The molecular weight excluding hydrogens is 398 g/mol. The third-order valence-electron chi connectivity index (χ3n) is 5.21. The van der Waals surface area contributed by atoms with Crippen molar-refractivity contribution in [1.29, 1.82) is 0 Å². The Kier molecular flexibility index (Phi) is 6.20. The average Bonchev–Trinajstić information content (AvgIpc) is 3.26. The third kappa shape index (κ3) is 4.57. The highest BCUT2D eigenvalue weighted by Crippen LogP contribution is 2.25. The van der Waals surface area contributed by atoms with E-state index in [0.717, 1.165) is 30.7 Å². The molecule has 4 rings (SSSR count). The molecule has 2 unspecified atom stereocenters. The van der Waals surface area contributed by atoms with Crippen molar-refractivity contribution in [3.05, 3.63) is 64.4 Å². The van der Waals surface area contributed by atoms with E-state index < -0.39 is 5.25 Å². The zero-order chi connectivity index (χ0) is 21.1. The minimum atomic E-state index is -0.421. The highest BCUT2D eigenvalue weighted by molar-refractivity contribution is 8.00. The zero-order valence-corrected chi connectivity index (χ0v) is 17.9. The number of ether oxygens (including phenoxy) is 1. The lowest BCUT2D eigenvalue weighted by atomic mass is 10.2. The molecule has 2 aromatic carbocycles. The van der Waals surface area contributed by atoms with Gasteiger partial charge in [-0.25, -0.2) is 4.98 Å². The van der Waals surface area contributed by atoms with Crippen molar-refractivity contribution < 1.29 is 9.53 Å². The fourth-order valence-corrected chi connectivity index (χ4v) is 4.40. The van der Waals surface area contributed by atoms with Gasteiger partial charge in [-0.05, 0) is 51.0 Å². The van der Waals surface area contributed by atoms with Crippen molar-refractivity contribution >= 4 is 34.3 Å². The summed E-state index contributed by atoms with van der Waals surface area (Å²) in [5, 5.41) is 3.64. The van der Waals surface area contributed by atoms with E-state index in [4.69, 9.17) is 9.72 Å². The number of para-hydroxylation sites is 1. The van der Waals surface area contributed by atoms with Crippen molar-refractivity contribution in [2.45, 2.75) is 49.7 Å². The molecule has 1 aromatic heterocycles. The smallest absolute Gasteiger partial charge is 0.262 e. The number of carbonyl (C=O) groups is 1. The first kappa shape index (κ1) is 20.6. The van der Waals surface area contributed by atoms with Crippen LogP contribution in [0.25, 0.3) is 10.9 Å². The van der Waals surface area contributed by atoms with E-state index in [2.05, 4.69) is 5.32 Å². The molecule has 0 radical (unpaired) electrons. The van der Waals surface area contributed by atoms with Gasteiger partial charge in [0.15, 0.2) is 5.16 Å². The van der Waals surface area contributed by atoms with Crippen LogP contribution in [0, 0.1) is 6.92 Å². The molecule has 1 fully saturated rings. The first-order chi connectivity index (χ1) is 14.5. The van der Waals surface area contributed by atoms with Gasteiger partial charge >= 0.3 is 0 Å². The second kappa shape index (κ2) is 9.02. The number of benzene rings is 2. The molecule has 6 nitrogen and oxygen atoms in total. The van der Waals surface area contributed by atoms with Crippen molar-refractivity contribution in [1.82, 2.24) is 9.55 Å². The number of anilines is 1. The molecular formula is C23H25N3O3S. The lowest BCUT2D eigenvalue weighted by Crippen LogP contribution is -2.30. The SMILES string of the molecule is Cc1ccc(NC(=O)C(C)Sc2nc3ccccc3c(=O)n2CC2CCCO2)cc1. The molecule has 30 heavy (non-hydrogen) atoms. The van der Waals surface area contributed by atoms with Crippen molar-refractivity contribution in [2.24, 2.45) is 0 Å². The van der Waals surface area contributed by atoms with Crippen molar-refractivity contribution in [2.75, 3.05) is 11.9 Å². The van der Waals surface area contributed by atoms with Gasteiger partial charge in [0, 0.05) is 12.3 Å². The Bertz CT molecular complexity index is 1100. The first-order valence-electron chi connectivity index (χ1n) is 10.2. The molecule has 3 aromatic rings. The second-order valence-electron chi connectivity index (χ2n) is 7.58. The minimum absolute atomic E-state index is 0.00158. The van der Waals surface area contributed by atoms with E-state index in [1.807, 2.05) is 56.3 Å². The number of rotatable bonds is 6. The first-order valence-corrected chi connectivity index (χ1v) is 11.0. The molecule has 1 aliphatic rings. The summed E-state index contributed by atoms with van der Waals surface area (Å²) in [7, 11) is 0. The molecule has 0 bridgehead atoms. The van der Waals surface area contributed by atoms with Crippen LogP contribution in [0.4, 0.5) is 5.69 Å². The molecule has 1 aliphatic heterocycles. The summed E-state index contributed by atoms with van der Waals surface area (Å²) < 4.78 is 7.41. The fourth-order valence-electron chi connectivity index (χ4n) is 3.48. The molecule has 2 heterocycles. The number of aromatic nitrogens is 2. The Balaban J connectivity index is 1.60. The van der Waals surface area contributed by atoms with Crippen LogP contribution in [-0.4, -0.2) is 33.4 Å². The van der Waals surface area contributed by atoms with Gasteiger partial charge in [-0.2, -0.15) is 0 Å². The van der Waals surface area contributed by atoms with E-state index in [-0.39, 0.29) is 17.6 Å². The van der Waals surface area contributed by atoms with E-state index >= 15 is 0 Å². The third-order valence-corrected chi connectivity index (χ3v) is 6.30. The number of hydrogen-bond acceptors (Lipinski definition) is 5. The van der Waals surface area contributed by atoms with E-state index in [0.29, 0.717) is 22.6 Å². The zero-order valence-electron chi connectivity index (χ0n) is 17.1. The van der Waals surface area contributed by atoms with Crippen LogP contribution in [0.2, 0.25) is 0 Å². The molecule has 1 amide bonds. The van der Waals surface area contributed by atoms with E-state index in [1.165, 1.54) is 11.8 Å². The van der Waals surface area contributed by atoms with Gasteiger partial charge in [-0.3, -0.25) is 14.2 Å². The predicted octanol–water partition coefficient (Wildman–Crippen LogP) is 4.00. The van der Waals surface area contributed by atoms with Gasteiger partial charge in [-0.1, -0.05) is 41.6 Å². The molecule has 0 saturated carbocycles. The summed E-state index contributed by atoms with van der Waals surface area (Å²) in [5.74, 6) is -0.130. The highest BCUT2D eigenvalue weighted by Gasteiger charge is 2.23. The quantitative estimate of drug-likeness (QED) is 0.479. The van der Waals surface area contributed by atoms with Gasteiger partial charge in [0.25, 0.3) is 5.56 Å². The van der Waals surface area contributed by atoms with Crippen LogP contribution >= 0.6 is 11.8 Å². The van der Waals surface area contributed by atoms with Crippen molar-refractivity contribution in [3.8, 4) is 0 Å². The van der Waals surface area contributed by atoms with Crippen molar-refractivity contribution in [3.63, 3.8) is 0 Å². The summed E-state index contributed by atoms with van der Waals surface area (Å²) >= 11 is 1.30. The summed E-state index contributed by atoms with van der Waals surface area (Å²) in [6.45, 7) is 5.00. The molecule has 156 valence electrons. The Morgan fingerprint density at radius 1 is 1.27 bits per heavy atom. The Hall–Kier alpha value is -2.64. The monoisotopic (exact) mass is 423 g/mol. The van der Waals surface area contributed by atoms with Crippen LogP contribution in [0.5, 0.6) is 0 Å². The number of hydrogen-bond donors (Lipinski definition) is 1. The molecule has 0 aliphatic carbocycles. The van der Waals surface area contributed by atoms with Crippen LogP contribution in [-0.2, 0) is 16.1 Å². The molecule has 1 saturated heterocycles. The van der Waals surface area contributed by atoms with E-state index in [9.17, 15) is 9.59 Å². The fraction of sp³-hybridized carbons (Fsp3) is 0.348. The van der Waals surface area contributed by atoms with Crippen LogP contribution in [0.3, 0.4) is 0 Å². The molecule has 7 heteroatoms. The van der Waals surface area contributed by atoms with Gasteiger partial charge in [-0.15, -0.1) is 0 Å². The Morgan fingerprint density at radius 3 is 2.77 bits per heavy atom. The number of nitrogens with one attached hydrogen (secondary N) is 1. The lowest BCUT2D eigenvalue weighted by molar-refractivity contribution is -0.115. The van der Waals surface area contributed by atoms with Gasteiger partial charge < -0.3 is 10.1 Å². The lowest BCUT2D eigenvalue weighted by Gasteiger charge is -2.18. The number of aryl methyl sites for hydroxylation is 1. The van der Waals surface area contributed by atoms with Gasteiger partial charge in [0.05, 0.1) is 28.8 Å². The Labute approximate surface area is 179 Å². The van der Waals surface area contributed by atoms with Crippen LogP contribution in [0.15, 0.2) is 58.5 Å².